The van der Waals surface area contributed by atoms with E-state index in [9.17, 15) is 0 Å². The molecule has 4 aromatic carbocycles. The summed E-state index contributed by atoms with van der Waals surface area (Å²) in [5.74, 6) is 12.9. The molecular weight excluding hydrogens is 413 g/mol. The molecule has 146 valence electrons. The van der Waals surface area contributed by atoms with Gasteiger partial charge in [-0.1, -0.05) is 47.9 Å². The van der Waals surface area contributed by atoms with Crippen molar-refractivity contribution in [2.75, 3.05) is 0 Å². The van der Waals surface area contributed by atoms with Gasteiger partial charge in [-0.3, -0.25) is 0 Å². The zero-order valence-corrected chi connectivity index (χ0v) is 18.7. The third-order valence-electron chi connectivity index (χ3n) is 4.78. The largest absolute Gasteiger partial charge is 0.195 e. The van der Waals surface area contributed by atoms with E-state index in [2.05, 4.69) is 85.6 Å². The molecule has 31 heavy (non-hydrogen) atoms. The maximum Gasteiger partial charge on any atom is 0.0745 e. The van der Waals surface area contributed by atoms with Crippen LogP contribution in [0.4, 0.5) is 5.69 Å². The molecule has 1 atom stereocenters. The van der Waals surface area contributed by atoms with Crippen LogP contribution in [0.3, 0.4) is 0 Å². The lowest BCUT2D eigenvalue weighted by atomic mass is 10.1. The summed E-state index contributed by atoms with van der Waals surface area (Å²) >= 11 is 4.67. The van der Waals surface area contributed by atoms with Crippen molar-refractivity contribution in [3.05, 3.63) is 113 Å². The zero-order chi connectivity index (χ0) is 21.5. The van der Waals surface area contributed by atoms with Crippen LogP contribution in [-0.4, -0.2) is 5.16 Å². The molecule has 4 aromatic rings. The Kier molecular flexibility index (Phi) is 6.69. The van der Waals surface area contributed by atoms with Crippen LogP contribution in [0.25, 0.3) is 10.8 Å². The molecule has 0 aliphatic heterocycles. The second kappa shape index (κ2) is 10.00. The molecule has 0 radical (unpaired) electrons. The molecule has 1 nitrogen and oxygen atoms in total. The first kappa shape index (κ1) is 20.8. The normalized spacial score (nSPS) is 9.71. The average Bonchev–Trinajstić information content (AvgIpc) is 2.82. The second-order valence-corrected chi connectivity index (χ2v) is 7.52. The Morgan fingerprint density at radius 1 is 0.613 bits per heavy atom. The number of nitrogens with zero attached hydrogens (tertiary/aromatic N) is 1. The Morgan fingerprint density at radius 3 is 1.68 bits per heavy atom. The van der Waals surface area contributed by atoms with Crippen LogP contribution in [0.15, 0.2) is 89.9 Å². The van der Waals surface area contributed by atoms with Gasteiger partial charge in [-0.15, -0.1) is 9.24 Å². The number of thiocarbonyl (C=S) groups is 1. The van der Waals surface area contributed by atoms with Crippen LogP contribution in [0, 0.1) is 23.7 Å². The van der Waals surface area contributed by atoms with E-state index in [4.69, 9.17) is 0 Å². The van der Waals surface area contributed by atoms with Crippen molar-refractivity contribution in [3.8, 4) is 23.7 Å². The number of benzene rings is 4. The number of fused-ring (bicyclic) bond motifs is 1. The van der Waals surface area contributed by atoms with Gasteiger partial charge in [-0.2, -0.15) is 4.99 Å². The fourth-order valence-electron chi connectivity index (χ4n) is 3.08. The summed E-state index contributed by atoms with van der Waals surface area (Å²) in [6.07, 6.45) is 0.958. The Labute approximate surface area is 190 Å². The van der Waals surface area contributed by atoms with Crippen molar-refractivity contribution in [2.24, 2.45) is 4.99 Å². The van der Waals surface area contributed by atoms with Gasteiger partial charge < -0.3 is 0 Å². The predicted octanol–water partition coefficient (Wildman–Crippen LogP) is 6.75. The number of hydrogen-bond acceptors (Lipinski definition) is 2. The standard InChI is InChI=1S/C28H18NPS/c30-19-25-11-8-23(9-12-25)6-3-21-1-4-22(5-2-21)7-10-24-13-14-27-18-28(29-20-31)16-15-26(27)17-24/h1-2,4-5,8-9,11-18H,19,30H2. The fourth-order valence-corrected chi connectivity index (χ4v) is 3.46. The van der Waals surface area contributed by atoms with Gasteiger partial charge in [0.1, 0.15) is 0 Å². The molecular formula is C28H18NPS. The van der Waals surface area contributed by atoms with E-state index in [0.717, 1.165) is 44.9 Å². The zero-order valence-electron chi connectivity index (χ0n) is 16.7. The highest BCUT2D eigenvalue weighted by Gasteiger charge is 1.97. The number of hydrogen-bond donors (Lipinski definition) is 0. The Hall–Kier alpha value is -3.51. The molecule has 0 saturated heterocycles. The van der Waals surface area contributed by atoms with Crippen molar-refractivity contribution in [1.82, 2.24) is 0 Å². The Balaban J connectivity index is 1.49. The molecule has 0 heterocycles. The second-order valence-electron chi connectivity index (χ2n) is 6.93. The maximum atomic E-state index is 4.67. The lowest BCUT2D eigenvalue weighted by molar-refractivity contribution is 1.41. The summed E-state index contributed by atoms with van der Waals surface area (Å²) in [7, 11) is 2.73. The Bertz CT molecular complexity index is 1410. The van der Waals surface area contributed by atoms with Gasteiger partial charge in [-0.25, -0.2) is 0 Å². The van der Waals surface area contributed by atoms with Crippen molar-refractivity contribution in [2.45, 2.75) is 6.16 Å². The first-order chi connectivity index (χ1) is 15.2. The smallest absolute Gasteiger partial charge is 0.0745 e. The molecule has 0 N–H and O–H groups in total. The molecule has 4 rings (SSSR count). The molecule has 0 fully saturated rings. The minimum atomic E-state index is 0.807. The summed E-state index contributed by atoms with van der Waals surface area (Å²) in [4.78, 5) is 4.03. The third-order valence-corrected chi connectivity index (χ3v) is 5.34. The van der Waals surface area contributed by atoms with Crippen molar-refractivity contribution < 1.29 is 0 Å². The van der Waals surface area contributed by atoms with Gasteiger partial charge in [0.25, 0.3) is 0 Å². The van der Waals surface area contributed by atoms with E-state index < -0.39 is 0 Å². The van der Waals surface area contributed by atoms with Crippen molar-refractivity contribution in [3.63, 3.8) is 0 Å². The van der Waals surface area contributed by atoms with E-state index in [1.807, 2.05) is 54.6 Å². The van der Waals surface area contributed by atoms with Gasteiger partial charge in [0.2, 0.25) is 0 Å². The predicted molar refractivity (Wildman–Crippen MR) is 137 cm³/mol. The topological polar surface area (TPSA) is 12.4 Å². The first-order valence-electron chi connectivity index (χ1n) is 9.78. The van der Waals surface area contributed by atoms with E-state index in [1.165, 1.54) is 5.56 Å². The molecule has 0 aromatic heterocycles. The monoisotopic (exact) mass is 431 g/mol. The highest BCUT2D eigenvalue weighted by molar-refractivity contribution is 7.78. The minimum Gasteiger partial charge on any atom is -0.195 e. The van der Waals surface area contributed by atoms with Crippen molar-refractivity contribution in [1.29, 1.82) is 0 Å². The van der Waals surface area contributed by atoms with Crippen LogP contribution in [0.2, 0.25) is 0 Å². The fraction of sp³-hybridized carbons (Fsp3) is 0.0357. The molecule has 0 saturated carbocycles. The van der Waals surface area contributed by atoms with Gasteiger partial charge in [0.05, 0.1) is 10.8 Å². The van der Waals surface area contributed by atoms with Gasteiger partial charge >= 0.3 is 0 Å². The maximum absolute atomic E-state index is 4.67. The SMILES string of the molecule is PCc1ccc(C#Cc2ccc(C#Cc3ccc4cc(N=C=S)ccc4c3)cc2)cc1. The van der Waals surface area contributed by atoms with Crippen molar-refractivity contribution >= 4 is 43.1 Å². The highest BCUT2D eigenvalue weighted by Crippen LogP contribution is 2.22. The summed E-state index contributed by atoms with van der Waals surface area (Å²) in [6.45, 7) is 0. The summed E-state index contributed by atoms with van der Waals surface area (Å²) in [6, 6.07) is 28.4. The molecule has 0 bridgehead atoms. The van der Waals surface area contributed by atoms with Crippen LogP contribution in [0.1, 0.15) is 27.8 Å². The van der Waals surface area contributed by atoms with Crippen LogP contribution in [-0.2, 0) is 6.16 Å². The van der Waals surface area contributed by atoms with E-state index in [0.29, 0.717) is 0 Å². The van der Waals surface area contributed by atoms with E-state index in [-0.39, 0.29) is 0 Å². The lowest BCUT2D eigenvalue weighted by Gasteiger charge is -2.00. The van der Waals surface area contributed by atoms with Gasteiger partial charge in [-0.05, 0) is 95.4 Å². The number of isothiocyanates is 1. The first-order valence-corrected chi connectivity index (χ1v) is 11.0. The molecule has 0 aliphatic carbocycles. The van der Waals surface area contributed by atoms with Crippen LogP contribution >= 0.6 is 21.5 Å². The molecule has 0 spiro atoms. The highest BCUT2D eigenvalue weighted by atomic mass is 32.1. The quantitative estimate of drug-likeness (QED) is 0.148. The minimum absolute atomic E-state index is 0.807. The summed E-state index contributed by atoms with van der Waals surface area (Å²) < 4.78 is 0. The van der Waals surface area contributed by atoms with E-state index in [1.54, 1.807) is 0 Å². The number of aliphatic imine (C=N–C) groups is 1. The van der Waals surface area contributed by atoms with Crippen LogP contribution in [0.5, 0.6) is 0 Å². The Morgan fingerprint density at radius 2 is 1.10 bits per heavy atom. The van der Waals surface area contributed by atoms with Crippen LogP contribution < -0.4 is 0 Å². The van der Waals surface area contributed by atoms with Gasteiger partial charge in [0.15, 0.2) is 0 Å². The molecule has 1 unspecified atom stereocenters. The summed E-state index contributed by atoms with van der Waals surface area (Å²) in [5.41, 5.74) is 6.01. The molecule has 0 aliphatic rings. The number of rotatable bonds is 2. The molecule has 3 heteroatoms. The summed E-state index contributed by atoms with van der Waals surface area (Å²) in [5, 5.41) is 4.62. The third kappa shape index (κ3) is 5.55. The molecule has 0 amide bonds. The van der Waals surface area contributed by atoms with Gasteiger partial charge in [0, 0.05) is 22.3 Å². The lowest BCUT2D eigenvalue weighted by Crippen LogP contribution is -1.81. The average molecular weight is 432 g/mol. The van der Waals surface area contributed by atoms with E-state index >= 15 is 0 Å².